The maximum Gasteiger partial charge on any atom is 0.343 e. The minimum Gasteiger partial charge on any atom is -0.458 e. The number of carbonyl (C=O) groups is 1. The van der Waals surface area contributed by atoms with E-state index < -0.39 is 11.6 Å². The van der Waals surface area contributed by atoms with Crippen molar-refractivity contribution in [3.05, 3.63) is 55.9 Å². The summed E-state index contributed by atoms with van der Waals surface area (Å²) in [4.78, 5) is 30.9. The van der Waals surface area contributed by atoms with Crippen LogP contribution in [0, 0.1) is 6.92 Å². The normalized spacial score (nSPS) is 22.7. The zero-order valence-corrected chi connectivity index (χ0v) is 18.9. The maximum absolute atomic E-state index is 13.5. The number of rotatable bonds is 2. The van der Waals surface area contributed by atoms with Crippen molar-refractivity contribution in [3.8, 4) is 11.4 Å². The van der Waals surface area contributed by atoms with E-state index in [0.717, 1.165) is 34.9 Å². The van der Waals surface area contributed by atoms with Gasteiger partial charge in [0, 0.05) is 22.6 Å². The Morgan fingerprint density at radius 1 is 1.30 bits per heavy atom. The van der Waals surface area contributed by atoms with Gasteiger partial charge in [0.2, 0.25) is 0 Å². The second-order valence-corrected chi connectivity index (χ2v) is 9.30. The van der Waals surface area contributed by atoms with Crippen LogP contribution in [0.2, 0.25) is 0 Å². The number of aryl methyl sites for hydroxylation is 1. The maximum atomic E-state index is 13.5. The lowest BCUT2D eigenvalue weighted by Crippen LogP contribution is -2.44. The van der Waals surface area contributed by atoms with Gasteiger partial charge in [0.1, 0.15) is 14.5 Å². The fraction of sp³-hybridized carbons (Fsp3) is 0.400. The Morgan fingerprint density at radius 2 is 2.09 bits per heavy atom. The third kappa shape index (κ3) is 2.51. The fourth-order valence-electron chi connectivity index (χ4n) is 5.90. The summed E-state index contributed by atoms with van der Waals surface area (Å²) >= 11 is 0. The van der Waals surface area contributed by atoms with Crippen LogP contribution in [0.3, 0.4) is 0 Å². The average Bonchev–Trinajstić information content (AvgIpc) is 3.18. The van der Waals surface area contributed by atoms with Gasteiger partial charge in [-0.1, -0.05) is 17.9 Å². The molecule has 0 amide bonds. The van der Waals surface area contributed by atoms with Crippen molar-refractivity contribution in [2.45, 2.75) is 57.9 Å². The van der Waals surface area contributed by atoms with E-state index >= 15 is 0 Å². The molecule has 166 valence electrons. The summed E-state index contributed by atoms with van der Waals surface area (Å²) in [5, 5.41) is 15.7. The molecule has 2 N–H and O–H groups in total. The van der Waals surface area contributed by atoms with E-state index in [0.29, 0.717) is 34.5 Å². The molecule has 1 aromatic carbocycles. The summed E-state index contributed by atoms with van der Waals surface area (Å²) in [5.74, 6) is -0.718. The van der Waals surface area contributed by atoms with E-state index in [1.165, 1.54) is 11.1 Å². The van der Waals surface area contributed by atoms with Crippen molar-refractivity contribution in [1.29, 1.82) is 0 Å². The molecule has 2 atom stereocenters. The predicted molar refractivity (Wildman–Crippen MR) is 125 cm³/mol. The van der Waals surface area contributed by atoms with Crippen LogP contribution >= 0.6 is 0 Å². The lowest BCUT2D eigenvalue weighted by atomic mass is 9.77. The summed E-state index contributed by atoms with van der Waals surface area (Å²) in [6.45, 7) is 4.02. The highest BCUT2D eigenvalue weighted by molar-refractivity contribution is 6.34. The number of hydrogen-bond donors (Lipinski definition) is 2. The number of nitrogens with zero attached hydrogens (tertiary/aromatic N) is 2. The van der Waals surface area contributed by atoms with Gasteiger partial charge in [0.25, 0.3) is 5.56 Å². The Hall–Kier alpha value is -2.97. The van der Waals surface area contributed by atoms with E-state index in [9.17, 15) is 14.7 Å². The number of cyclic esters (lactones) is 1. The molecule has 33 heavy (non-hydrogen) atoms. The van der Waals surface area contributed by atoms with Crippen LogP contribution in [0.25, 0.3) is 22.3 Å². The topological polar surface area (TPSA) is 93.5 Å². The molecule has 7 nitrogen and oxygen atoms in total. The number of fused-ring (bicyclic) bond motifs is 5. The summed E-state index contributed by atoms with van der Waals surface area (Å²) in [5.41, 5.74) is 5.93. The smallest absolute Gasteiger partial charge is 0.343 e. The van der Waals surface area contributed by atoms with Crippen LogP contribution in [0.15, 0.2) is 16.9 Å². The summed E-state index contributed by atoms with van der Waals surface area (Å²) < 4.78 is 6.87. The van der Waals surface area contributed by atoms with Crippen molar-refractivity contribution >= 4 is 30.2 Å². The molecule has 0 saturated heterocycles. The van der Waals surface area contributed by atoms with Gasteiger partial charge in [-0.3, -0.25) is 4.79 Å². The Balaban J connectivity index is 1.70. The Morgan fingerprint density at radius 3 is 2.82 bits per heavy atom. The van der Waals surface area contributed by atoms with Crippen LogP contribution in [-0.2, 0) is 34.7 Å². The first kappa shape index (κ1) is 20.6. The van der Waals surface area contributed by atoms with Crippen molar-refractivity contribution in [2.24, 2.45) is 0 Å². The quantitative estimate of drug-likeness (QED) is 0.361. The standard InChI is InChI=1S/C25H24BN3O4/c1-4-25(32)15-7-19-22-13(9-29(19)23(30)14(15)10-33-24(25)31)21-17(27-3)6-5-12-11(2)16(26)8-18(28-22)20(12)21/h7-8,17,27,32H,4-6,9-10H2,1-3H3/t17-,25-/m0/s1. The van der Waals surface area contributed by atoms with Gasteiger partial charge in [0.05, 0.1) is 29.0 Å². The number of nitrogens with one attached hydrogen (secondary N) is 1. The number of aliphatic hydroxyl groups is 1. The first-order valence-electron chi connectivity index (χ1n) is 11.4. The van der Waals surface area contributed by atoms with Crippen molar-refractivity contribution in [1.82, 2.24) is 14.9 Å². The molecule has 3 aromatic rings. The molecule has 3 aliphatic rings. The summed E-state index contributed by atoms with van der Waals surface area (Å²) in [6.07, 6.45) is 1.96. The lowest BCUT2D eigenvalue weighted by molar-refractivity contribution is -0.172. The van der Waals surface area contributed by atoms with E-state index in [1.807, 2.05) is 13.1 Å². The molecule has 4 heterocycles. The van der Waals surface area contributed by atoms with Gasteiger partial charge in [-0.2, -0.15) is 0 Å². The first-order chi connectivity index (χ1) is 15.8. The lowest BCUT2D eigenvalue weighted by Gasteiger charge is -2.31. The molecule has 0 fully saturated rings. The number of esters is 1. The van der Waals surface area contributed by atoms with Crippen LogP contribution in [0.4, 0.5) is 0 Å². The highest BCUT2D eigenvalue weighted by atomic mass is 16.6. The Kier molecular flexibility index (Phi) is 4.24. The first-order valence-corrected chi connectivity index (χ1v) is 11.4. The summed E-state index contributed by atoms with van der Waals surface area (Å²) in [7, 11) is 8.29. The minimum atomic E-state index is -1.83. The predicted octanol–water partition coefficient (Wildman–Crippen LogP) is 1.39. The van der Waals surface area contributed by atoms with E-state index in [1.54, 1.807) is 17.6 Å². The third-order valence-corrected chi connectivity index (χ3v) is 7.83. The van der Waals surface area contributed by atoms with Gasteiger partial charge in [-0.05, 0) is 56.5 Å². The van der Waals surface area contributed by atoms with Crippen molar-refractivity contribution in [3.63, 3.8) is 0 Å². The third-order valence-electron chi connectivity index (χ3n) is 7.83. The highest BCUT2D eigenvalue weighted by Crippen LogP contribution is 2.45. The monoisotopic (exact) mass is 441 g/mol. The van der Waals surface area contributed by atoms with Gasteiger partial charge in [-0.25, -0.2) is 9.78 Å². The van der Waals surface area contributed by atoms with Crippen molar-refractivity contribution < 1.29 is 14.6 Å². The second-order valence-electron chi connectivity index (χ2n) is 9.30. The molecule has 0 saturated carbocycles. The van der Waals surface area contributed by atoms with E-state index in [-0.39, 0.29) is 24.6 Å². The van der Waals surface area contributed by atoms with E-state index in [4.69, 9.17) is 17.6 Å². The Labute approximate surface area is 192 Å². The number of ether oxygens (including phenoxy) is 1. The molecule has 8 heteroatoms. The van der Waals surface area contributed by atoms with Gasteiger partial charge in [0.15, 0.2) is 5.60 Å². The Bertz CT molecular complexity index is 1460. The van der Waals surface area contributed by atoms with Crippen molar-refractivity contribution in [2.75, 3.05) is 7.05 Å². The zero-order chi connectivity index (χ0) is 23.2. The molecular formula is C25H24BN3O4. The number of pyridine rings is 2. The molecule has 0 bridgehead atoms. The SMILES string of the molecule is [B]c1cc2nc3c(c4c2c(c1C)CC[C@@H]4NC)Cn1c-3cc2c(c1=O)COC(=O)[C@]2(O)CC. The average molecular weight is 441 g/mol. The number of carbonyl (C=O) groups excluding carboxylic acids is 1. The molecule has 6 rings (SSSR count). The number of aromatic nitrogens is 2. The molecule has 1 aliphatic carbocycles. The van der Waals surface area contributed by atoms with Crippen LogP contribution < -0.4 is 16.3 Å². The summed E-state index contributed by atoms with van der Waals surface area (Å²) in [6, 6.07) is 3.81. The van der Waals surface area contributed by atoms with Gasteiger partial charge in [-0.15, -0.1) is 0 Å². The fourth-order valence-corrected chi connectivity index (χ4v) is 5.90. The van der Waals surface area contributed by atoms with Crippen LogP contribution in [0.1, 0.15) is 59.2 Å². The zero-order valence-electron chi connectivity index (χ0n) is 18.9. The molecule has 2 aromatic heterocycles. The molecule has 0 unspecified atom stereocenters. The van der Waals surface area contributed by atoms with Gasteiger partial charge < -0.3 is 19.7 Å². The van der Waals surface area contributed by atoms with E-state index in [2.05, 4.69) is 12.2 Å². The molecule has 2 aliphatic heterocycles. The minimum absolute atomic E-state index is 0.117. The highest BCUT2D eigenvalue weighted by Gasteiger charge is 2.45. The largest absolute Gasteiger partial charge is 0.458 e. The number of hydrogen-bond acceptors (Lipinski definition) is 6. The van der Waals surface area contributed by atoms with Crippen LogP contribution in [0.5, 0.6) is 0 Å². The van der Waals surface area contributed by atoms with Gasteiger partial charge >= 0.3 is 5.97 Å². The molecule has 0 spiro atoms. The molecule has 2 radical (unpaired) electrons. The number of benzene rings is 1. The van der Waals surface area contributed by atoms with Crippen LogP contribution in [-0.4, -0.2) is 35.5 Å². The molecular weight excluding hydrogens is 417 g/mol. The second kappa shape index (κ2) is 6.78.